The molecule has 0 rings (SSSR count). The molecule has 0 aromatic rings. The lowest BCUT2D eigenvalue weighted by Crippen LogP contribution is -2.03. The molecule has 115 valence electrons. The van der Waals surface area contributed by atoms with E-state index in [0.29, 0.717) is 0 Å². The topological polar surface area (TPSA) is 47.6 Å². The van der Waals surface area contributed by atoms with Gasteiger partial charge in [0.05, 0.1) is 6.61 Å². The first kappa shape index (κ1) is 18.8. The molecule has 0 aromatic carbocycles. The summed E-state index contributed by atoms with van der Waals surface area (Å²) in [6, 6.07) is 0. The van der Waals surface area contributed by atoms with Gasteiger partial charge in [0.25, 0.3) is 0 Å². The molecule has 0 saturated carbocycles. The summed E-state index contributed by atoms with van der Waals surface area (Å²) < 4.78 is 16.3. The summed E-state index contributed by atoms with van der Waals surface area (Å²) >= 11 is 0. The summed E-state index contributed by atoms with van der Waals surface area (Å²) in [5, 5.41) is 10.2. The van der Waals surface area contributed by atoms with Crippen molar-refractivity contribution in [2.24, 2.45) is 0 Å². The van der Waals surface area contributed by atoms with Crippen molar-refractivity contribution in [1.82, 2.24) is 0 Å². The highest BCUT2D eigenvalue weighted by Crippen LogP contribution is 1.97. The van der Waals surface area contributed by atoms with Gasteiger partial charge in [0, 0.05) is 39.6 Å². The molecule has 0 bridgehead atoms. The van der Waals surface area contributed by atoms with Crippen molar-refractivity contribution in [3.63, 3.8) is 0 Å². The third-order valence-corrected chi connectivity index (χ3v) is 2.69. The van der Waals surface area contributed by atoms with Gasteiger partial charge in [0.2, 0.25) is 0 Å². The van der Waals surface area contributed by atoms with Crippen molar-refractivity contribution in [2.75, 3.05) is 46.2 Å². The van der Waals surface area contributed by atoms with Crippen LogP contribution in [0.15, 0.2) is 0 Å². The molecule has 4 heteroatoms. The van der Waals surface area contributed by atoms with Crippen molar-refractivity contribution >= 4 is 0 Å². The van der Waals surface area contributed by atoms with Crippen LogP contribution in [0.1, 0.15) is 51.9 Å². The molecule has 1 radical (unpaired) electrons. The van der Waals surface area contributed by atoms with Gasteiger partial charge in [0.15, 0.2) is 0 Å². The molecule has 0 heterocycles. The molecule has 0 fully saturated rings. The van der Waals surface area contributed by atoms with Gasteiger partial charge in [-0.15, -0.1) is 0 Å². The Morgan fingerprint density at radius 1 is 0.579 bits per heavy atom. The standard InChI is InChI=1S/C15H31O4/c1-2-10-17-12-5-6-14-19-15-8-7-13-18-11-4-3-9-16/h2-15H2,1H3. The van der Waals surface area contributed by atoms with Crippen molar-refractivity contribution in [3.8, 4) is 0 Å². The number of hydrogen-bond donors (Lipinski definition) is 0. The largest absolute Gasteiger partial charge is 0.381 e. The molecule has 0 aliphatic carbocycles. The summed E-state index contributed by atoms with van der Waals surface area (Å²) in [6.45, 7) is 7.02. The number of ether oxygens (including phenoxy) is 3. The molecule has 0 atom stereocenters. The summed E-state index contributed by atoms with van der Waals surface area (Å²) in [7, 11) is 0. The van der Waals surface area contributed by atoms with Gasteiger partial charge in [-0.2, -0.15) is 0 Å². The Balaban J connectivity index is 2.88. The smallest absolute Gasteiger partial charge is 0.0823 e. The van der Waals surface area contributed by atoms with Crippen LogP contribution in [0.25, 0.3) is 0 Å². The zero-order chi connectivity index (χ0) is 14.0. The van der Waals surface area contributed by atoms with Crippen molar-refractivity contribution in [3.05, 3.63) is 0 Å². The van der Waals surface area contributed by atoms with E-state index in [9.17, 15) is 5.11 Å². The highest BCUT2D eigenvalue weighted by molar-refractivity contribution is 4.42. The monoisotopic (exact) mass is 275 g/mol. The Kier molecular flexibility index (Phi) is 17.7. The van der Waals surface area contributed by atoms with E-state index in [1.54, 1.807) is 0 Å². The van der Waals surface area contributed by atoms with Gasteiger partial charge in [-0.3, -0.25) is 0 Å². The third-order valence-electron chi connectivity index (χ3n) is 2.69. The summed E-state index contributed by atoms with van der Waals surface area (Å²) in [6.07, 6.45) is 6.96. The van der Waals surface area contributed by atoms with E-state index in [-0.39, 0.29) is 6.61 Å². The Bertz CT molecular complexity index is 137. The maximum absolute atomic E-state index is 10.2. The maximum atomic E-state index is 10.2. The first-order valence-corrected chi connectivity index (χ1v) is 7.73. The summed E-state index contributed by atoms with van der Waals surface area (Å²) in [5.74, 6) is 0. The Morgan fingerprint density at radius 3 is 1.32 bits per heavy atom. The molecule has 0 N–H and O–H groups in total. The average molecular weight is 275 g/mol. The minimum atomic E-state index is 0.0146. The van der Waals surface area contributed by atoms with E-state index in [2.05, 4.69) is 6.92 Å². The molecule has 19 heavy (non-hydrogen) atoms. The van der Waals surface area contributed by atoms with Gasteiger partial charge >= 0.3 is 0 Å². The summed E-state index contributed by atoms with van der Waals surface area (Å²) in [5.41, 5.74) is 0. The van der Waals surface area contributed by atoms with E-state index in [0.717, 1.165) is 84.6 Å². The second kappa shape index (κ2) is 17.8. The lowest BCUT2D eigenvalue weighted by Gasteiger charge is -2.05. The number of unbranched alkanes of at least 4 members (excludes halogenated alkanes) is 3. The van der Waals surface area contributed by atoms with Gasteiger partial charge in [-0.25, -0.2) is 5.11 Å². The minimum absolute atomic E-state index is 0.0146. The van der Waals surface area contributed by atoms with Gasteiger partial charge in [-0.05, 0) is 44.9 Å². The molecule has 0 unspecified atom stereocenters. The Hall–Kier alpha value is -0.160. The predicted octanol–water partition coefficient (Wildman–Crippen LogP) is 3.22. The molecule has 0 spiro atoms. The molecule has 0 amide bonds. The molecule has 0 aliphatic heterocycles. The maximum Gasteiger partial charge on any atom is 0.0823 e. The SMILES string of the molecule is CCCOCCCCOCCCCOCCCC[O]. The number of hydrogen-bond acceptors (Lipinski definition) is 3. The van der Waals surface area contributed by atoms with E-state index in [1.165, 1.54) is 0 Å². The van der Waals surface area contributed by atoms with Crippen LogP contribution in [0.5, 0.6) is 0 Å². The quantitative estimate of drug-likeness (QED) is 0.406. The Morgan fingerprint density at radius 2 is 0.947 bits per heavy atom. The van der Waals surface area contributed by atoms with Crippen LogP contribution in [0, 0.1) is 0 Å². The second-order valence-electron chi connectivity index (χ2n) is 4.66. The molecule has 0 saturated heterocycles. The van der Waals surface area contributed by atoms with Gasteiger partial charge in [0.1, 0.15) is 0 Å². The van der Waals surface area contributed by atoms with Gasteiger partial charge in [-0.1, -0.05) is 6.92 Å². The van der Waals surface area contributed by atoms with E-state index in [1.807, 2.05) is 0 Å². The van der Waals surface area contributed by atoms with Crippen LogP contribution in [0.4, 0.5) is 0 Å². The normalized spacial score (nSPS) is 11.1. The van der Waals surface area contributed by atoms with Crippen LogP contribution in [0.3, 0.4) is 0 Å². The molecule has 0 aromatic heterocycles. The van der Waals surface area contributed by atoms with Crippen LogP contribution in [0.2, 0.25) is 0 Å². The minimum Gasteiger partial charge on any atom is -0.381 e. The fraction of sp³-hybridized carbons (Fsp3) is 1.00. The first-order valence-electron chi connectivity index (χ1n) is 7.73. The van der Waals surface area contributed by atoms with E-state index in [4.69, 9.17) is 14.2 Å². The second-order valence-corrected chi connectivity index (χ2v) is 4.66. The highest BCUT2D eigenvalue weighted by Gasteiger charge is 1.93. The lowest BCUT2D eigenvalue weighted by molar-refractivity contribution is 0.0877. The Labute approximate surface area is 118 Å². The van der Waals surface area contributed by atoms with E-state index < -0.39 is 0 Å². The van der Waals surface area contributed by atoms with E-state index >= 15 is 0 Å². The zero-order valence-electron chi connectivity index (χ0n) is 12.5. The molecule has 4 nitrogen and oxygen atoms in total. The zero-order valence-corrected chi connectivity index (χ0v) is 12.5. The predicted molar refractivity (Wildman–Crippen MR) is 76.0 cm³/mol. The fourth-order valence-electron chi connectivity index (χ4n) is 1.57. The number of rotatable bonds is 16. The van der Waals surface area contributed by atoms with Crippen LogP contribution in [-0.2, 0) is 19.3 Å². The van der Waals surface area contributed by atoms with Crippen molar-refractivity contribution < 1.29 is 19.3 Å². The fourth-order valence-corrected chi connectivity index (χ4v) is 1.57. The van der Waals surface area contributed by atoms with Gasteiger partial charge < -0.3 is 14.2 Å². The first-order chi connectivity index (χ1) is 9.41. The van der Waals surface area contributed by atoms with Crippen LogP contribution >= 0.6 is 0 Å². The third kappa shape index (κ3) is 17.8. The van der Waals surface area contributed by atoms with Crippen LogP contribution < -0.4 is 0 Å². The molecule has 0 aliphatic rings. The van der Waals surface area contributed by atoms with Crippen LogP contribution in [-0.4, -0.2) is 46.2 Å². The molecular weight excluding hydrogens is 244 g/mol. The average Bonchev–Trinajstić information content (AvgIpc) is 2.43. The van der Waals surface area contributed by atoms with Crippen molar-refractivity contribution in [1.29, 1.82) is 0 Å². The van der Waals surface area contributed by atoms with Crippen molar-refractivity contribution in [2.45, 2.75) is 51.9 Å². The molecular formula is C15H31O4. The summed E-state index contributed by atoms with van der Waals surface area (Å²) in [4.78, 5) is 0. The highest BCUT2D eigenvalue weighted by atomic mass is 16.5. The lowest BCUT2D eigenvalue weighted by atomic mass is 10.3.